The van der Waals surface area contributed by atoms with Crippen LogP contribution in [0, 0.1) is 0 Å². The lowest BCUT2D eigenvalue weighted by Crippen LogP contribution is -1.94. The molecule has 1 rings (SSSR count). The van der Waals surface area contributed by atoms with Crippen molar-refractivity contribution < 1.29 is 0 Å². The minimum absolute atomic E-state index is 0.507. The molecule has 0 aromatic carbocycles. The van der Waals surface area contributed by atoms with Crippen LogP contribution < -0.4 is 5.73 Å². The first-order valence-corrected chi connectivity index (χ1v) is 4.68. The summed E-state index contributed by atoms with van der Waals surface area (Å²) in [5.41, 5.74) is 7.83. The summed E-state index contributed by atoms with van der Waals surface area (Å²) < 4.78 is 4.27. The summed E-state index contributed by atoms with van der Waals surface area (Å²) in [6, 6.07) is 0. The molecule has 0 aliphatic heterocycles. The van der Waals surface area contributed by atoms with Gasteiger partial charge in [0.2, 0.25) is 0 Å². The van der Waals surface area contributed by atoms with Crippen molar-refractivity contribution in [2.24, 2.45) is 0 Å². The summed E-state index contributed by atoms with van der Waals surface area (Å²) in [5.74, 6) is 0.507. The van der Waals surface area contributed by atoms with Gasteiger partial charge in [-0.1, -0.05) is 20.8 Å². The van der Waals surface area contributed by atoms with E-state index in [-0.39, 0.29) is 0 Å². The lowest BCUT2D eigenvalue weighted by Gasteiger charge is -2.00. The van der Waals surface area contributed by atoms with E-state index in [4.69, 9.17) is 5.73 Å². The maximum atomic E-state index is 5.86. The first-order chi connectivity index (χ1) is 5.16. The van der Waals surface area contributed by atoms with E-state index in [1.54, 1.807) is 0 Å². The van der Waals surface area contributed by atoms with Crippen LogP contribution in [0.5, 0.6) is 0 Å². The Balaban J connectivity index is 3.00. The highest BCUT2D eigenvalue weighted by Crippen LogP contribution is 2.28. The SMILES string of the molecule is CCc1nsc(C(C)C)c1N. The Hall–Kier alpha value is -0.570. The lowest BCUT2D eigenvalue weighted by atomic mass is 10.1. The van der Waals surface area contributed by atoms with Crippen molar-refractivity contribution in [2.75, 3.05) is 5.73 Å². The number of anilines is 1. The van der Waals surface area contributed by atoms with E-state index in [0.29, 0.717) is 5.92 Å². The molecule has 1 aromatic heterocycles. The highest BCUT2D eigenvalue weighted by molar-refractivity contribution is 7.06. The number of nitrogens with zero attached hydrogens (tertiary/aromatic N) is 1. The average Bonchev–Trinajstić information content (AvgIpc) is 2.30. The zero-order valence-electron chi connectivity index (χ0n) is 7.22. The Morgan fingerprint density at radius 2 is 2.18 bits per heavy atom. The molecule has 0 atom stereocenters. The molecule has 0 saturated carbocycles. The summed E-state index contributed by atoms with van der Waals surface area (Å²) in [6.07, 6.45) is 0.940. The fourth-order valence-electron chi connectivity index (χ4n) is 1.02. The zero-order valence-corrected chi connectivity index (χ0v) is 8.03. The van der Waals surface area contributed by atoms with Crippen molar-refractivity contribution in [2.45, 2.75) is 33.1 Å². The van der Waals surface area contributed by atoms with Crippen molar-refractivity contribution in [3.05, 3.63) is 10.6 Å². The standard InChI is InChI=1S/C8H14N2S/c1-4-6-7(9)8(5(2)3)11-10-6/h5H,4,9H2,1-3H3. The Morgan fingerprint density at radius 1 is 1.55 bits per heavy atom. The highest BCUT2D eigenvalue weighted by atomic mass is 32.1. The second kappa shape index (κ2) is 3.22. The summed E-state index contributed by atoms with van der Waals surface area (Å²) in [6.45, 7) is 6.36. The van der Waals surface area contributed by atoms with E-state index in [1.165, 1.54) is 16.4 Å². The summed E-state index contributed by atoms with van der Waals surface area (Å²) >= 11 is 1.53. The van der Waals surface area contributed by atoms with E-state index in [1.807, 2.05) is 0 Å². The summed E-state index contributed by atoms with van der Waals surface area (Å²) in [5, 5.41) is 0. The Kier molecular flexibility index (Phi) is 2.49. The van der Waals surface area contributed by atoms with Gasteiger partial charge in [-0.15, -0.1) is 0 Å². The van der Waals surface area contributed by atoms with Crippen molar-refractivity contribution in [1.82, 2.24) is 4.37 Å². The molecule has 0 spiro atoms. The molecule has 0 bridgehead atoms. The van der Waals surface area contributed by atoms with Crippen LogP contribution in [-0.2, 0) is 6.42 Å². The molecular formula is C8H14N2S. The highest BCUT2D eigenvalue weighted by Gasteiger charge is 2.11. The fourth-order valence-corrected chi connectivity index (χ4v) is 1.88. The minimum atomic E-state index is 0.507. The number of nitrogens with two attached hydrogens (primary N) is 1. The predicted molar refractivity (Wildman–Crippen MR) is 50.0 cm³/mol. The summed E-state index contributed by atoms with van der Waals surface area (Å²) in [7, 11) is 0. The number of hydrogen-bond donors (Lipinski definition) is 1. The molecule has 0 saturated heterocycles. The van der Waals surface area contributed by atoms with Gasteiger partial charge in [-0.3, -0.25) is 0 Å². The predicted octanol–water partition coefficient (Wildman–Crippen LogP) is 2.41. The third-order valence-corrected chi connectivity index (χ3v) is 2.89. The van der Waals surface area contributed by atoms with Gasteiger partial charge in [0.05, 0.1) is 16.3 Å². The first-order valence-electron chi connectivity index (χ1n) is 3.90. The zero-order chi connectivity index (χ0) is 8.43. The molecule has 11 heavy (non-hydrogen) atoms. The van der Waals surface area contributed by atoms with Crippen LogP contribution in [-0.4, -0.2) is 4.37 Å². The molecule has 2 N–H and O–H groups in total. The molecule has 0 fully saturated rings. The van der Waals surface area contributed by atoms with Gasteiger partial charge in [-0.2, -0.15) is 4.37 Å². The molecule has 2 nitrogen and oxygen atoms in total. The second-order valence-corrected chi connectivity index (χ2v) is 3.72. The number of aryl methyl sites for hydroxylation is 1. The van der Waals surface area contributed by atoms with E-state index in [0.717, 1.165) is 17.8 Å². The normalized spacial score (nSPS) is 10.9. The molecule has 0 amide bonds. The van der Waals surface area contributed by atoms with Crippen LogP contribution >= 0.6 is 11.5 Å². The third kappa shape index (κ3) is 1.53. The number of aromatic nitrogens is 1. The minimum Gasteiger partial charge on any atom is -0.396 e. The number of rotatable bonds is 2. The molecule has 62 valence electrons. The molecule has 3 heteroatoms. The maximum Gasteiger partial charge on any atom is 0.0771 e. The second-order valence-electron chi connectivity index (χ2n) is 2.92. The van der Waals surface area contributed by atoms with Gasteiger partial charge in [0.15, 0.2) is 0 Å². The first kappa shape index (κ1) is 8.53. The third-order valence-electron chi connectivity index (χ3n) is 1.69. The monoisotopic (exact) mass is 170 g/mol. The molecular weight excluding hydrogens is 156 g/mol. The van der Waals surface area contributed by atoms with E-state index < -0.39 is 0 Å². The van der Waals surface area contributed by atoms with Gasteiger partial charge in [0, 0.05) is 0 Å². The van der Waals surface area contributed by atoms with Crippen LogP contribution in [0.4, 0.5) is 5.69 Å². The molecule has 0 aliphatic rings. The Labute approximate surface area is 71.6 Å². The van der Waals surface area contributed by atoms with Gasteiger partial charge >= 0.3 is 0 Å². The van der Waals surface area contributed by atoms with Crippen LogP contribution in [0.2, 0.25) is 0 Å². The smallest absolute Gasteiger partial charge is 0.0771 e. The number of nitrogen functional groups attached to an aromatic ring is 1. The van der Waals surface area contributed by atoms with Crippen molar-refractivity contribution >= 4 is 17.2 Å². The van der Waals surface area contributed by atoms with Gasteiger partial charge in [0.1, 0.15) is 0 Å². The summed E-state index contributed by atoms with van der Waals surface area (Å²) in [4.78, 5) is 1.22. The van der Waals surface area contributed by atoms with Crippen LogP contribution in [0.1, 0.15) is 37.3 Å². The molecule has 0 radical (unpaired) electrons. The molecule has 0 aliphatic carbocycles. The van der Waals surface area contributed by atoms with E-state index in [9.17, 15) is 0 Å². The molecule has 0 unspecified atom stereocenters. The van der Waals surface area contributed by atoms with Gasteiger partial charge in [-0.25, -0.2) is 0 Å². The van der Waals surface area contributed by atoms with Gasteiger partial charge in [0.25, 0.3) is 0 Å². The van der Waals surface area contributed by atoms with Crippen LogP contribution in [0.15, 0.2) is 0 Å². The van der Waals surface area contributed by atoms with Gasteiger partial charge < -0.3 is 5.73 Å². The average molecular weight is 170 g/mol. The van der Waals surface area contributed by atoms with Crippen molar-refractivity contribution in [1.29, 1.82) is 0 Å². The van der Waals surface area contributed by atoms with E-state index >= 15 is 0 Å². The largest absolute Gasteiger partial charge is 0.396 e. The van der Waals surface area contributed by atoms with Crippen LogP contribution in [0.3, 0.4) is 0 Å². The quantitative estimate of drug-likeness (QED) is 0.740. The van der Waals surface area contributed by atoms with E-state index in [2.05, 4.69) is 25.1 Å². The lowest BCUT2D eigenvalue weighted by molar-refractivity contribution is 0.890. The maximum absolute atomic E-state index is 5.86. The van der Waals surface area contributed by atoms with Crippen molar-refractivity contribution in [3.8, 4) is 0 Å². The van der Waals surface area contributed by atoms with Crippen molar-refractivity contribution in [3.63, 3.8) is 0 Å². The Bertz CT molecular complexity index is 240. The topological polar surface area (TPSA) is 38.9 Å². The molecule has 1 heterocycles. The Morgan fingerprint density at radius 3 is 2.45 bits per heavy atom. The fraction of sp³-hybridized carbons (Fsp3) is 0.625. The van der Waals surface area contributed by atoms with Crippen LogP contribution in [0.25, 0.3) is 0 Å². The molecule has 1 aromatic rings. The van der Waals surface area contributed by atoms with Gasteiger partial charge in [-0.05, 0) is 23.9 Å². The number of hydrogen-bond acceptors (Lipinski definition) is 3.